The van der Waals surface area contributed by atoms with Crippen molar-refractivity contribution in [3.63, 3.8) is 0 Å². The van der Waals surface area contributed by atoms with Crippen LogP contribution in [-0.4, -0.2) is 32.7 Å². The first-order valence-electron chi connectivity index (χ1n) is 7.74. The normalized spacial score (nSPS) is 10.5. The molecular weight excluding hydrogens is 377 g/mol. The highest BCUT2D eigenvalue weighted by molar-refractivity contribution is 6.33. The zero-order valence-electron chi connectivity index (χ0n) is 14.6. The van der Waals surface area contributed by atoms with E-state index in [2.05, 4.69) is 5.32 Å². The molecule has 8 heteroatoms. The fourth-order valence-electron chi connectivity index (χ4n) is 2.08. The van der Waals surface area contributed by atoms with Crippen molar-refractivity contribution in [1.29, 1.82) is 0 Å². The van der Waals surface area contributed by atoms with Gasteiger partial charge in [0.25, 0.3) is 5.91 Å². The second-order valence-electron chi connectivity index (χ2n) is 5.23. The van der Waals surface area contributed by atoms with Crippen LogP contribution in [0, 0.1) is 5.82 Å². The molecule has 2 aromatic rings. The first-order valence-corrected chi connectivity index (χ1v) is 8.12. The van der Waals surface area contributed by atoms with Gasteiger partial charge in [0.2, 0.25) is 0 Å². The number of carbonyl (C=O) groups is 2. The summed E-state index contributed by atoms with van der Waals surface area (Å²) in [5.41, 5.74) is 0.909. The largest absolute Gasteiger partial charge is 0.493 e. The molecule has 0 fully saturated rings. The Balaban J connectivity index is 1.88. The summed E-state index contributed by atoms with van der Waals surface area (Å²) in [6.45, 7) is -0.511. The Labute approximate surface area is 160 Å². The molecule has 142 valence electrons. The van der Waals surface area contributed by atoms with Crippen molar-refractivity contribution in [2.75, 3.05) is 26.1 Å². The van der Waals surface area contributed by atoms with Gasteiger partial charge in [0.05, 0.1) is 24.9 Å². The molecule has 0 aliphatic heterocycles. The lowest BCUT2D eigenvalue weighted by atomic mass is 10.2. The zero-order valence-corrected chi connectivity index (χ0v) is 15.4. The minimum atomic E-state index is -0.704. The Morgan fingerprint density at radius 1 is 1.11 bits per heavy atom. The molecule has 0 saturated carbocycles. The Hall–Kier alpha value is -3.06. The summed E-state index contributed by atoms with van der Waals surface area (Å²) in [4.78, 5) is 23.5. The van der Waals surface area contributed by atoms with Crippen molar-refractivity contribution in [3.8, 4) is 11.5 Å². The molecule has 0 heterocycles. The first kappa shape index (κ1) is 20.3. The summed E-state index contributed by atoms with van der Waals surface area (Å²) in [5, 5.41) is 2.47. The van der Waals surface area contributed by atoms with Gasteiger partial charge in [-0.15, -0.1) is 0 Å². The number of esters is 1. The molecule has 0 spiro atoms. The summed E-state index contributed by atoms with van der Waals surface area (Å²) in [7, 11) is 3.03. The zero-order chi connectivity index (χ0) is 19.8. The summed E-state index contributed by atoms with van der Waals surface area (Å²) in [5.74, 6) is -0.747. The van der Waals surface area contributed by atoms with Crippen LogP contribution in [0.1, 0.15) is 5.56 Å². The minimum Gasteiger partial charge on any atom is -0.493 e. The Morgan fingerprint density at radius 3 is 2.52 bits per heavy atom. The average Bonchev–Trinajstić information content (AvgIpc) is 2.66. The number of rotatable bonds is 7. The van der Waals surface area contributed by atoms with Crippen LogP contribution in [0.3, 0.4) is 0 Å². The van der Waals surface area contributed by atoms with Gasteiger partial charge in [-0.3, -0.25) is 4.79 Å². The SMILES string of the molecule is COc1ccc(C=CC(=O)OCC(=O)Nc2ccc(F)cc2Cl)cc1OC. The number of anilines is 1. The molecule has 0 aliphatic rings. The smallest absolute Gasteiger partial charge is 0.331 e. The number of hydrogen-bond donors (Lipinski definition) is 1. The number of benzene rings is 2. The summed E-state index contributed by atoms with van der Waals surface area (Å²) >= 11 is 5.81. The Morgan fingerprint density at radius 2 is 1.85 bits per heavy atom. The van der Waals surface area contributed by atoms with Gasteiger partial charge in [-0.2, -0.15) is 0 Å². The van der Waals surface area contributed by atoms with Crippen LogP contribution in [0.4, 0.5) is 10.1 Å². The highest BCUT2D eigenvalue weighted by atomic mass is 35.5. The van der Waals surface area contributed by atoms with Gasteiger partial charge in [-0.25, -0.2) is 9.18 Å². The van der Waals surface area contributed by atoms with E-state index >= 15 is 0 Å². The van der Waals surface area contributed by atoms with E-state index in [1.807, 2.05) is 0 Å². The molecule has 2 rings (SSSR count). The molecule has 0 atom stereocenters. The average molecular weight is 394 g/mol. The van der Waals surface area contributed by atoms with Crippen molar-refractivity contribution in [3.05, 3.63) is 58.9 Å². The van der Waals surface area contributed by atoms with E-state index in [1.54, 1.807) is 18.2 Å². The number of amides is 1. The van der Waals surface area contributed by atoms with E-state index < -0.39 is 24.3 Å². The quantitative estimate of drug-likeness (QED) is 0.573. The van der Waals surface area contributed by atoms with E-state index in [1.165, 1.54) is 32.4 Å². The monoisotopic (exact) mass is 393 g/mol. The lowest BCUT2D eigenvalue weighted by Crippen LogP contribution is -2.20. The Bertz CT molecular complexity index is 869. The van der Waals surface area contributed by atoms with Crippen molar-refractivity contribution in [1.82, 2.24) is 0 Å². The standard InChI is InChI=1S/C19H17ClFNO5/c1-25-16-7-3-12(9-17(16)26-2)4-8-19(24)27-11-18(23)22-15-6-5-13(21)10-14(15)20/h3-10H,11H2,1-2H3,(H,22,23). The fourth-order valence-corrected chi connectivity index (χ4v) is 2.30. The molecule has 27 heavy (non-hydrogen) atoms. The molecule has 1 amide bonds. The molecule has 2 aromatic carbocycles. The maximum Gasteiger partial charge on any atom is 0.331 e. The molecule has 0 aromatic heterocycles. The van der Waals surface area contributed by atoms with E-state index in [0.717, 1.165) is 12.1 Å². The molecule has 0 radical (unpaired) electrons. The van der Waals surface area contributed by atoms with Gasteiger partial charge >= 0.3 is 5.97 Å². The van der Waals surface area contributed by atoms with Crippen LogP contribution in [0.25, 0.3) is 6.08 Å². The van der Waals surface area contributed by atoms with Crippen LogP contribution in [0.5, 0.6) is 11.5 Å². The highest BCUT2D eigenvalue weighted by Gasteiger charge is 2.09. The van der Waals surface area contributed by atoms with Crippen molar-refractivity contribution >= 4 is 35.2 Å². The van der Waals surface area contributed by atoms with Crippen molar-refractivity contribution < 1.29 is 28.2 Å². The summed E-state index contributed by atoms with van der Waals surface area (Å²) in [6, 6.07) is 8.65. The van der Waals surface area contributed by atoms with Crippen LogP contribution in [0.2, 0.25) is 5.02 Å². The molecule has 1 N–H and O–H groups in total. The van der Waals surface area contributed by atoms with Gasteiger partial charge in [-0.05, 0) is 42.0 Å². The summed E-state index contributed by atoms with van der Waals surface area (Å²) < 4.78 is 28.1. The first-order chi connectivity index (χ1) is 12.9. The van der Waals surface area contributed by atoms with Gasteiger partial charge in [-0.1, -0.05) is 17.7 Å². The predicted octanol–water partition coefficient (Wildman–Crippen LogP) is 3.69. The van der Waals surface area contributed by atoms with E-state index in [0.29, 0.717) is 17.1 Å². The van der Waals surface area contributed by atoms with Crippen LogP contribution in [-0.2, 0) is 14.3 Å². The van der Waals surface area contributed by atoms with Crippen molar-refractivity contribution in [2.45, 2.75) is 0 Å². The predicted molar refractivity (Wildman–Crippen MR) is 99.6 cm³/mol. The molecular formula is C19H17ClFNO5. The third-order valence-electron chi connectivity index (χ3n) is 3.37. The molecule has 0 saturated heterocycles. The minimum absolute atomic E-state index is 0.0445. The van der Waals surface area contributed by atoms with E-state index in [-0.39, 0.29) is 10.7 Å². The third-order valence-corrected chi connectivity index (χ3v) is 3.68. The topological polar surface area (TPSA) is 73.9 Å². The van der Waals surface area contributed by atoms with Crippen LogP contribution < -0.4 is 14.8 Å². The van der Waals surface area contributed by atoms with E-state index in [4.69, 9.17) is 25.8 Å². The van der Waals surface area contributed by atoms with Crippen LogP contribution >= 0.6 is 11.6 Å². The number of methoxy groups -OCH3 is 2. The Kier molecular flexibility index (Phi) is 7.19. The highest BCUT2D eigenvalue weighted by Crippen LogP contribution is 2.28. The summed E-state index contributed by atoms with van der Waals surface area (Å²) in [6.07, 6.45) is 2.69. The number of ether oxygens (including phenoxy) is 3. The molecule has 0 unspecified atom stereocenters. The number of hydrogen-bond acceptors (Lipinski definition) is 5. The van der Waals surface area contributed by atoms with Gasteiger partial charge in [0.15, 0.2) is 18.1 Å². The van der Waals surface area contributed by atoms with E-state index in [9.17, 15) is 14.0 Å². The number of carbonyl (C=O) groups excluding carboxylic acids is 2. The number of halogens is 2. The third kappa shape index (κ3) is 6.00. The molecule has 0 aliphatic carbocycles. The second kappa shape index (κ2) is 9.59. The van der Waals surface area contributed by atoms with Crippen LogP contribution in [0.15, 0.2) is 42.5 Å². The van der Waals surface area contributed by atoms with Gasteiger partial charge in [0.1, 0.15) is 5.82 Å². The maximum absolute atomic E-state index is 13.0. The maximum atomic E-state index is 13.0. The number of nitrogens with one attached hydrogen (secondary N) is 1. The lowest BCUT2D eigenvalue weighted by molar-refractivity contribution is -0.142. The van der Waals surface area contributed by atoms with Gasteiger partial charge < -0.3 is 19.5 Å². The molecule has 0 bridgehead atoms. The fraction of sp³-hybridized carbons (Fsp3) is 0.158. The molecule has 6 nitrogen and oxygen atoms in total. The van der Waals surface area contributed by atoms with Crippen molar-refractivity contribution in [2.24, 2.45) is 0 Å². The van der Waals surface area contributed by atoms with Gasteiger partial charge in [0, 0.05) is 6.08 Å². The lowest BCUT2D eigenvalue weighted by Gasteiger charge is -2.08. The second-order valence-corrected chi connectivity index (χ2v) is 5.64.